The molecule has 3 heterocycles. The van der Waals surface area contributed by atoms with Gasteiger partial charge in [-0.15, -0.1) is 0 Å². The third-order valence-electron chi connectivity index (χ3n) is 4.21. The quantitative estimate of drug-likeness (QED) is 0.464. The molecule has 0 radical (unpaired) electrons. The van der Waals surface area contributed by atoms with Crippen LogP contribution in [-0.4, -0.2) is 54.2 Å². The van der Waals surface area contributed by atoms with E-state index in [0.29, 0.717) is 28.2 Å². The highest BCUT2D eigenvalue weighted by Gasteiger charge is 2.19. The normalized spacial score (nSPS) is 10.2. The molecule has 0 N–H and O–H groups in total. The zero-order valence-electron chi connectivity index (χ0n) is 16.4. The summed E-state index contributed by atoms with van der Waals surface area (Å²) in [7, 11) is 3.80. The lowest BCUT2D eigenvalue weighted by atomic mass is 10.0. The van der Waals surface area contributed by atoms with Crippen molar-refractivity contribution in [2.24, 2.45) is 0 Å². The summed E-state index contributed by atoms with van der Waals surface area (Å²) in [5.74, 6) is -1.68. The van der Waals surface area contributed by atoms with Gasteiger partial charge in [-0.1, -0.05) is 0 Å². The van der Waals surface area contributed by atoms with Crippen molar-refractivity contribution in [2.45, 2.75) is 0 Å². The number of carbonyl (C=O) groups is 3. The van der Waals surface area contributed by atoms with Crippen LogP contribution in [0.25, 0.3) is 22.6 Å². The summed E-state index contributed by atoms with van der Waals surface area (Å²) < 4.78 is 14.3. The van der Waals surface area contributed by atoms with Crippen LogP contribution in [-0.2, 0) is 14.2 Å². The minimum Gasteiger partial charge on any atom is -0.465 e. The highest BCUT2D eigenvalue weighted by Crippen LogP contribution is 2.27. The van der Waals surface area contributed by atoms with Crippen LogP contribution in [0.15, 0.2) is 48.9 Å². The largest absolute Gasteiger partial charge is 0.465 e. The van der Waals surface area contributed by atoms with Crippen molar-refractivity contribution in [3.8, 4) is 22.6 Å². The van der Waals surface area contributed by atoms with Crippen LogP contribution in [0.1, 0.15) is 31.1 Å². The molecule has 0 saturated carbocycles. The fourth-order valence-electron chi connectivity index (χ4n) is 2.72. The SMILES string of the molecule is COC(=O)c1ccnc(-c2cc(C(=O)OC)c(-c3cc(C(=O)OC)ccn3)cn2)c1. The third kappa shape index (κ3) is 4.14. The van der Waals surface area contributed by atoms with Crippen LogP contribution in [0.4, 0.5) is 0 Å². The number of hydrogen-bond donors (Lipinski definition) is 0. The average molecular weight is 407 g/mol. The molecular formula is C21H17N3O6. The molecule has 0 amide bonds. The zero-order valence-corrected chi connectivity index (χ0v) is 16.4. The summed E-state index contributed by atoms with van der Waals surface area (Å²) in [6.45, 7) is 0. The highest BCUT2D eigenvalue weighted by atomic mass is 16.5. The number of ether oxygens (including phenoxy) is 3. The van der Waals surface area contributed by atoms with Gasteiger partial charge in [-0.3, -0.25) is 15.0 Å². The molecule has 9 nitrogen and oxygen atoms in total. The predicted molar refractivity (Wildman–Crippen MR) is 105 cm³/mol. The van der Waals surface area contributed by atoms with Gasteiger partial charge in [0.1, 0.15) is 0 Å². The van der Waals surface area contributed by atoms with Crippen LogP contribution in [0, 0.1) is 0 Å². The summed E-state index contributed by atoms with van der Waals surface area (Å²) in [6.07, 6.45) is 4.30. The van der Waals surface area contributed by atoms with E-state index in [4.69, 9.17) is 14.2 Å². The molecule has 0 saturated heterocycles. The smallest absolute Gasteiger partial charge is 0.338 e. The van der Waals surface area contributed by atoms with Gasteiger partial charge in [0.15, 0.2) is 0 Å². The third-order valence-corrected chi connectivity index (χ3v) is 4.21. The van der Waals surface area contributed by atoms with Gasteiger partial charge in [0.05, 0.1) is 55.1 Å². The summed E-state index contributed by atoms with van der Waals surface area (Å²) in [5.41, 5.74) is 2.14. The number of methoxy groups -OCH3 is 3. The van der Waals surface area contributed by atoms with Crippen LogP contribution in [0.3, 0.4) is 0 Å². The molecular weight excluding hydrogens is 390 g/mol. The summed E-state index contributed by atoms with van der Waals surface area (Å²) >= 11 is 0. The van der Waals surface area contributed by atoms with Gasteiger partial charge < -0.3 is 14.2 Å². The van der Waals surface area contributed by atoms with Crippen LogP contribution in [0.2, 0.25) is 0 Å². The van der Waals surface area contributed by atoms with E-state index < -0.39 is 17.9 Å². The van der Waals surface area contributed by atoms with Crippen molar-refractivity contribution in [2.75, 3.05) is 21.3 Å². The molecule has 3 aromatic heterocycles. The molecule has 30 heavy (non-hydrogen) atoms. The Labute approximate surface area is 171 Å². The second-order valence-electron chi connectivity index (χ2n) is 5.95. The fraction of sp³-hybridized carbons (Fsp3) is 0.143. The second-order valence-corrected chi connectivity index (χ2v) is 5.95. The molecule has 0 aromatic carbocycles. The Morgan fingerprint density at radius 2 is 1.17 bits per heavy atom. The number of nitrogens with zero attached hydrogens (tertiary/aromatic N) is 3. The molecule has 0 atom stereocenters. The molecule has 0 fully saturated rings. The standard InChI is InChI=1S/C21H17N3O6/c1-28-19(25)12-4-6-22-16(8-12)15-11-24-18(10-14(15)21(27)30-3)17-9-13(5-7-23-17)20(26)29-2/h4-11H,1-3H3. The monoisotopic (exact) mass is 407 g/mol. The topological polar surface area (TPSA) is 118 Å². The minimum atomic E-state index is -0.622. The first-order valence-electron chi connectivity index (χ1n) is 8.66. The molecule has 0 aliphatic carbocycles. The Balaban J connectivity index is 2.11. The second kappa shape index (κ2) is 8.91. The fourth-order valence-corrected chi connectivity index (χ4v) is 2.72. The van der Waals surface area contributed by atoms with E-state index in [1.165, 1.54) is 70.3 Å². The molecule has 9 heteroatoms. The van der Waals surface area contributed by atoms with E-state index in [2.05, 4.69) is 15.0 Å². The Morgan fingerprint density at radius 1 is 0.667 bits per heavy atom. The number of aromatic nitrogens is 3. The maximum absolute atomic E-state index is 12.4. The Morgan fingerprint density at radius 3 is 1.73 bits per heavy atom. The summed E-state index contributed by atoms with van der Waals surface area (Å²) in [5, 5.41) is 0. The zero-order chi connectivity index (χ0) is 21.7. The Hall–Kier alpha value is -4.14. The van der Waals surface area contributed by atoms with Gasteiger partial charge in [0.2, 0.25) is 0 Å². The van der Waals surface area contributed by atoms with Crippen molar-refractivity contribution >= 4 is 17.9 Å². The van der Waals surface area contributed by atoms with Crippen LogP contribution in [0.5, 0.6) is 0 Å². The molecule has 3 rings (SSSR count). The molecule has 152 valence electrons. The number of rotatable bonds is 5. The molecule has 0 bridgehead atoms. The molecule has 0 spiro atoms. The van der Waals surface area contributed by atoms with Crippen molar-refractivity contribution in [1.29, 1.82) is 0 Å². The van der Waals surface area contributed by atoms with E-state index >= 15 is 0 Å². The average Bonchev–Trinajstić information content (AvgIpc) is 2.82. The van der Waals surface area contributed by atoms with Crippen molar-refractivity contribution < 1.29 is 28.6 Å². The minimum absolute atomic E-state index is 0.169. The van der Waals surface area contributed by atoms with Crippen LogP contribution >= 0.6 is 0 Å². The van der Waals surface area contributed by atoms with Gasteiger partial charge in [0, 0.05) is 24.2 Å². The van der Waals surface area contributed by atoms with Crippen molar-refractivity contribution in [3.63, 3.8) is 0 Å². The first-order chi connectivity index (χ1) is 14.5. The number of pyridine rings is 3. The number of esters is 3. The number of hydrogen-bond acceptors (Lipinski definition) is 9. The first-order valence-corrected chi connectivity index (χ1v) is 8.66. The van der Waals surface area contributed by atoms with Gasteiger partial charge in [-0.25, -0.2) is 14.4 Å². The van der Waals surface area contributed by atoms with E-state index in [9.17, 15) is 14.4 Å². The summed E-state index contributed by atoms with van der Waals surface area (Å²) in [6, 6.07) is 7.48. The molecule has 3 aromatic rings. The lowest BCUT2D eigenvalue weighted by molar-refractivity contribution is 0.0591. The van der Waals surface area contributed by atoms with Gasteiger partial charge >= 0.3 is 17.9 Å². The van der Waals surface area contributed by atoms with E-state index in [0.717, 1.165) is 0 Å². The number of carbonyl (C=O) groups excluding carboxylic acids is 3. The predicted octanol–water partition coefficient (Wildman–Crippen LogP) is 2.57. The van der Waals surface area contributed by atoms with Crippen molar-refractivity contribution in [1.82, 2.24) is 15.0 Å². The van der Waals surface area contributed by atoms with Gasteiger partial charge in [0.25, 0.3) is 0 Å². The van der Waals surface area contributed by atoms with E-state index in [-0.39, 0.29) is 11.1 Å². The first kappa shape index (κ1) is 20.6. The maximum Gasteiger partial charge on any atom is 0.338 e. The lowest BCUT2D eigenvalue weighted by Gasteiger charge is -2.10. The van der Waals surface area contributed by atoms with Crippen molar-refractivity contribution in [3.05, 3.63) is 65.6 Å². The maximum atomic E-state index is 12.4. The lowest BCUT2D eigenvalue weighted by Crippen LogP contribution is -2.07. The van der Waals surface area contributed by atoms with Gasteiger partial charge in [-0.2, -0.15) is 0 Å². The summed E-state index contributed by atoms with van der Waals surface area (Å²) in [4.78, 5) is 48.8. The van der Waals surface area contributed by atoms with E-state index in [1.54, 1.807) is 0 Å². The molecule has 0 aliphatic heterocycles. The van der Waals surface area contributed by atoms with Gasteiger partial charge in [-0.05, 0) is 30.3 Å². The highest BCUT2D eigenvalue weighted by molar-refractivity contribution is 5.98. The molecule has 0 unspecified atom stereocenters. The van der Waals surface area contributed by atoms with E-state index in [1.807, 2.05) is 0 Å². The molecule has 0 aliphatic rings. The Kier molecular flexibility index (Phi) is 6.11. The Bertz CT molecular complexity index is 1130. The van der Waals surface area contributed by atoms with Crippen LogP contribution < -0.4 is 0 Å².